The van der Waals surface area contributed by atoms with Gasteiger partial charge in [0.1, 0.15) is 5.75 Å². The summed E-state index contributed by atoms with van der Waals surface area (Å²) in [4.78, 5) is 2.65. The standard InChI is InChI=1S/C19H27NO.C10H9N/c1-13(2)7-9-20-10-8-19(4)14(3)18(20)11-15-5-6-16(21)12-17(15)19;1-2-4-10-6-8-11-7-5-9(10)3-1/h5-7,12,14,18,21H,8-11H2,1-4H3;1-8,11H/t14-,18+,19+;/m0./s1. The minimum absolute atomic E-state index is 0.207. The van der Waals surface area contributed by atoms with Crippen LogP contribution in [0.2, 0.25) is 0 Å². The molecule has 1 aliphatic carbocycles. The summed E-state index contributed by atoms with van der Waals surface area (Å²) in [6.45, 7) is 11.4. The van der Waals surface area contributed by atoms with Gasteiger partial charge < -0.3 is 10.4 Å². The molecule has 3 atom stereocenters. The fourth-order valence-corrected chi connectivity index (χ4v) is 5.37. The van der Waals surface area contributed by atoms with Crippen LogP contribution < -0.4 is 5.32 Å². The van der Waals surface area contributed by atoms with Gasteiger partial charge in [0, 0.05) is 25.0 Å². The summed E-state index contributed by atoms with van der Waals surface area (Å²) in [7, 11) is 0. The van der Waals surface area contributed by atoms with Gasteiger partial charge in [-0.15, -0.1) is 0 Å². The van der Waals surface area contributed by atoms with E-state index in [9.17, 15) is 5.11 Å². The van der Waals surface area contributed by atoms with Crippen LogP contribution >= 0.6 is 0 Å². The van der Waals surface area contributed by atoms with Crippen molar-refractivity contribution in [3.63, 3.8) is 0 Å². The number of phenols is 1. The van der Waals surface area contributed by atoms with Crippen LogP contribution in [0.15, 0.2) is 66.5 Å². The highest BCUT2D eigenvalue weighted by Gasteiger charge is 2.48. The average molecular weight is 429 g/mol. The van der Waals surface area contributed by atoms with Crippen LogP contribution in [0.5, 0.6) is 5.75 Å². The first-order valence-corrected chi connectivity index (χ1v) is 11.8. The number of benzene rings is 2. The van der Waals surface area contributed by atoms with Gasteiger partial charge in [0.05, 0.1) is 0 Å². The summed E-state index contributed by atoms with van der Waals surface area (Å²) < 4.78 is 0. The average Bonchev–Trinajstić information content (AvgIpc) is 3.02. The first kappa shape index (κ1) is 22.4. The molecule has 2 aromatic carbocycles. The van der Waals surface area contributed by atoms with Crippen molar-refractivity contribution >= 4 is 12.2 Å². The van der Waals surface area contributed by atoms with Crippen molar-refractivity contribution in [3.05, 3.63) is 88.8 Å². The zero-order valence-corrected chi connectivity index (χ0v) is 19.8. The van der Waals surface area contributed by atoms with E-state index in [2.05, 4.69) is 74.3 Å². The second-order valence-electron chi connectivity index (χ2n) is 9.81. The third-order valence-electron chi connectivity index (χ3n) is 7.56. The van der Waals surface area contributed by atoms with Crippen LogP contribution in [0, 0.1) is 5.92 Å². The maximum atomic E-state index is 9.87. The first-order chi connectivity index (χ1) is 15.4. The second-order valence-corrected chi connectivity index (χ2v) is 9.81. The molecule has 3 nitrogen and oxygen atoms in total. The summed E-state index contributed by atoms with van der Waals surface area (Å²) in [5, 5.41) is 12.9. The van der Waals surface area contributed by atoms with Crippen LogP contribution in [0.4, 0.5) is 0 Å². The van der Waals surface area contributed by atoms with Gasteiger partial charge in [-0.2, -0.15) is 0 Å². The van der Waals surface area contributed by atoms with Crippen LogP contribution in [0.25, 0.3) is 12.2 Å². The summed E-state index contributed by atoms with van der Waals surface area (Å²) in [5.74, 6) is 1.04. The Morgan fingerprint density at radius 1 is 1.12 bits per heavy atom. The molecule has 2 bridgehead atoms. The molecule has 2 N–H and O–H groups in total. The third-order valence-corrected chi connectivity index (χ3v) is 7.56. The highest BCUT2D eigenvalue weighted by molar-refractivity contribution is 5.66. The third kappa shape index (κ3) is 4.54. The van der Waals surface area contributed by atoms with E-state index in [1.165, 1.54) is 34.2 Å². The molecule has 2 aliphatic heterocycles. The number of allylic oxidation sites excluding steroid dienone is 1. The smallest absolute Gasteiger partial charge is 0.115 e. The zero-order valence-electron chi connectivity index (χ0n) is 19.8. The lowest BCUT2D eigenvalue weighted by molar-refractivity contribution is 0.0397. The van der Waals surface area contributed by atoms with E-state index in [1.54, 1.807) is 0 Å². The number of nitrogens with zero attached hydrogens (tertiary/aromatic N) is 1. The SMILES string of the molecule is C1=Cc2ccccc2C=CN1.CC(C)=CCN1CC[C@@]2(C)c3cc(O)ccc3C[C@@H]1[C@@H]2C. The molecule has 0 radical (unpaired) electrons. The molecular formula is C29H36N2O. The monoisotopic (exact) mass is 428 g/mol. The second kappa shape index (κ2) is 9.38. The first-order valence-electron chi connectivity index (χ1n) is 11.8. The highest BCUT2D eigenvalue weighted by atomic mass is 16.3. The maximum absolute atomic E-state index is 9.87. The maximum Gasteiger partial charge on any atom is 0.115 e. The fraction of sp³-hybridized carbons (Fsp3) is 0.379. The molecule has 0 saturated carbocycles. The van der Waals surface area contributed by atoms with Crippen molar-refractivity contribution in [3.8, 4) is 5.75 Å². The molecule has 1 saturated heterocycles. The van der Waals surface area contributed by atoms with Gasteiger partial charge in [-0.1, -0.05) is 55.8 Å². The van der Waals surface area contributed by atoms with E-state index in [-0.39, 0.29) is 5.41 Å². The summed E-state index contributed by atoms with van der Waals surface area (Å²) >= 11 is 0. The Bertz CT molecular complexity index is 1020. The quantitative estimate of drug-likeness (QED) is 0.566. The number of aromatic hydroxyl groups is 1. The van der Waals surface area contributed by atoms with Crippen molar-refractivity contribution in [2.45, 2.75) is 52.0 Å². The Hall–Kier alpha value is -2.78. The Morgan fingerprint density at radius 3 is 2.47 bits per heavy atom. The topological polar surface area (TPSA) is 35.5 Å². The van der Waals surface area contributed by atoms with E-state index >= 15 is 0 Å². The number of hydrogen-bond acceptors (Lipinski definition) is 3. The lowest BCUT2D eigenvalue weighted by Gasteiger charge is -2.54. The van der Waals surface area contributed by atoms with Crippen molar-refractivity contribution in [2.24, 2.45) is 5.92 Å². The van der Waals surface area contributed by atoms with Gasteiger partial charge in [-0.05, 0) is 91.1 Å². The fourth-order valence-electron chi connectivity index (χ4n) is 5.37. The zero-order chi connectivity index (χ0) is 22.7. The van der Waals surface area contributed by atoms with Crippen LogP contribution in [-0.2, 0) is 11.8 Å². The van der Waals surface area contributed by atoms with Gasteiger partial charge in [0.25, 0.3) is 0 Å². The van der Waals surface area contributed by atoms with Crippen LogP contribution in [-0.4, -0.2) is 29.1 Å². The molecule has 0 amide bonds. The minimum Gasteiger partial charge on any atom is -0.508 e. The molecule has 2 heterocycles. The van der Waals surface area contributed by atoms with Gasteiger partial charge in [-0.25, -0.2) is 0 Å². The van der Waals surface area contributed by atoms with Gasteiger partial charge in [0.15, 0.2) is 0 Å². The molecule has 5 rings (SSSR count). The number of rotatable bonds is 2. The Balaban J connectivity index is 0.000000186. The molecule has 0 aromatic heterocycles. The minimum atomic E-state index is 0.207. The molecular weight excluding hydrogens is 392 g/mol. The van der Waals surface area contributed by atoms with Crippen molar-refractivity contribution < 1.29 is 5.11 Å². The number of fused-ring (bicyclic) bond motifs is 5. The van der Waals surface area contributed by atoms with Gasteiger partial charge in [0.2, 0.25) is 0 Å². The van der Waals surface area contributed by atoms with Crippen molar-refractivity contribution in [1.29, 1.82) is 0 Å². The molecule has 0 spiro atoms. The normalized spacial score (nSPS) is 25.4. The molecule has 32 heavy (non-hydrogen) atoms. The van der Waals surface area contributed by atoms with E-state index in [1.807, 2.05) is 36.7 Å². The van der Waals surface area contributed by atoms with E-state index in [0.29, 0.717) is 17.7 Å². The predicted molar refractivity (Wildman–Crippen MR) is 135 cm³/mol. The summed E-state index contributed by atoms with van der Waals surface area (Å²) in [6.07, 6.45) is 12.6. The van der Waals surface area contributed by atoms with Crippen molar-refractivity contribution in [1.82, 2.24) is 10.2 Å². The van der Waals surface area contributed by atoms with Crippen molar-refractivity contribution in [2.75, 3.05) is 13.1 Å². The summed E-state index contributed by atoms with van der Waals surface area (Å²) in [6, 6.07) is 14.9. The van der Waals surface area contributed by atoms with Crippen LogP contribution in [0.1, 0.15) is 56.4 Å². The Kier molecular flexibility index (Phi) is 6.57. The van der Waals surface area contributed by atoms with E-state index in [0.717, 1.165) is 19.5 Å². The van der Waals surface area contributed by atoms with Gasteiger partial charge >= 0.3 is 0 Å². The highest BCUT2D eigenvalue weighted by Crippen LogP contribution is 2.49. The number of likely N-dealkylation sites (tertiary alicyclic amines) is 1. The molecule has 0 unspecified atom stereocenters. The Morgan fingerprint density at radius 2 is 1.81 bits per heavy atom. The molecule has 1 fully saturated rings. The number of hydrogen-bond donors (Lipinski definition) is 2. The lowest BCUT2D eigenvalue weighted by Crippen LogP contribution is -2.57. The largest absolute Gasteiger partial charge is 0.508 e. The Labute approximate surface area is 193 Å². The van der Waals surface area contributed by atoms with E-state index in [4.69, 9.17) is 0 Å². The van der Waals surface area contributed by atoms with Crippen LogP contribution in [0.3, 0.4) is 0 Å². The predicted octanol–water partition coefficient (Wildman–Crippen LogP) is 6.11. The molecule has 3 heteroatoms. The number of phenolic OH excluding ortho intramolecular Hbond substituents is 1. The van der Waals surface area contributed by atoms with E-state index < -0.39 is 0 Å². The lowest BCUT2D eigenvalue weighted by atomic mass is 9.59. The molecule has 168 valence electrons. The molecule has 3 aliphatic rings. The number of nitrogens with one attached hydrogen (secondary N) is 1. The van der Waals surface area contributed by atoms with Gasteiger partial charge in [-0.3, -0.25) is 4.90 Å². The number of piperidine rings is 1. The molecule has 2 aromatic rings. The summed E-state index contributed by atoms with van der Waals surface area (Å²) in [5.41, 5.74) is 6.94.